The van der Waals surface area contributed by atoms with Gasteiger partial charge in [-0.3, -0.25) is 0 Å². The molecule has 6 N–H and O–H groups in total. The van der Waals surface area contributed by atoms with E-state index in [-0.39, 0.29) is 145 Å². The fourth-order valence-corrected chi connectivity index (χ4v) is 0. The summed E-state index contributed by atoms with van der Waals surface area (Å²) in [5, 5.41) is 13.9. The molecule has 0 atom stereocenters. The predicted octanol–water partition coefficient (Wildman–Crippen LogP) is -4.62. The van der Waals surface area contributed by atoms with E-state index in [0.717, 1.165) is 0 Å². The van der Waals surface area contributed by atoms with Gasteiger partial charge in [0.2, 0.25) is 0 Å². The molecule has 0 aliphatic heterocycles. The fourth-order valence-electron chi connectivity index (χ4n) is 0. The van der Waals surface area contributed by atoms with Crippen molar-refractivity contribution in [1.82, 2.24) is 0 Å². The molecule has 0 spiro atoms. The smallest absolute Gasteiger partial charge is 1.00 e. The molecule has 0 saturated heterocycles. The van der Waals surface area contributed by atoms with E-state index in [1.54, 1.807) is 0 Å². The van der Waals surface area contributed by atoms with E-state index >= 15 is 0 Å². The molecule has 0 aliphatic carbocycles. The summed E-state index contributed by atoms with van der Waals surface area (Å²) >= 11 is 0. The van der Waals surface area contributed by atoms with Crippen molar-refractivity contribution in [3.8, 4) is 0 Å². The van der Waals surface area contributed by atoms with Crippen LogP contribution in [0, 0.1) is 0 Å². The van der Waals surface area contributed by atoms with Crippen LogP contribution in [0.4, 0.5) is 4.79 Å². The third-order valence-electron chi connectivity index (χ3n) is 0. The minimum atomic E-state index is -1.83. The molecule has 0 aliphatic rings. The van der Waals surface area contributed by atoms with Crippen LogP contribution in [-0.4, -0.2) is 103 Å². The van der Waals surface area contributed by atoms with Crippen LogP contribution in [0.25, 0.3) is 0 Å². The molecule has 0 bridgehead atoms. The third-order valence-corrected chi connectivity index (χ3v) is 0. The molecule has 0 saturated carbocycles. The summed E-state index contributed by atoms with van der Waals surface area (Å²) in [7, 11) is 0. The molecule has 0 amide bonds. The van der Waals surface area contributed by atoms with Crippen molar-refractivity contribution < 1.29 is 84.5 Å². The first-order chi connectivity index (χ1) is 1.73. The second-order valence-corrected chi connectivity index (χ2v) is 0.283. The minimum Gasteiger partial charge on any atom is -1.00 e. The van der Waals surface area contributed by atoms with E-state index in [1.165, 1.54) is 0 Å². The van der Waals surface area contributed by atoms with Crippen LogP contribution in [0.2, 0.25) is 0 Å². The Morgan fingerprint density at radius 1 is 1.11 bits per heavy atom. The second kappa shape index (κ2) is 30.2. The van der Waals surface area contributed by atoms with Gasteiger partial charge in [-0.05, 0) is 0 Å². The average Bonchev–Trinajstić information content (AvgIpc) is 0.811. The Bertz CT molecular complexity index is 51.1. The Hall–Kier alpha value is 3.35. The van der Waals surface area contributed by atoms with Gasteiger partial charge in [0.05, 0.1) is 0 Å². The maximum atomic E-state index is 8.56. The number of rotatable bonds is 0. The van der Waals surface area contributed by atoms with Crippen molar-refractivity contribution in [2.75, 3.05) is 0 Å². The van der Waals surface area contributed by atoms with E-state index in [9.17, 15) is 0 Å². The quantitative estimate of drug-likeness (QED) is 0.401. The van der Waals surface area contributed by atoms with Gasteiger partial charge in [-0.2, -0.15) is 0 Å². The van der Waals surface area contributed by atoms with Crippen LogP contribution in [-0.2, 0) is 0 Å². The van der Waals surface area contributed by atoms with Crippen LogP contribution in [0.5, 0.6) is 0 Å². The van der Waals surface area contributed by atoms with Crippen LogP contribution >= 0.6 is 0 Å². The first-order valence-electron chi connectivity index (χ1n) is 0.651. The Balaban J connectivity index is -0.000000001000. The third kappa shape index (κ3) is 88.5. The molecule has 0 aromatic rings. The number of hydrogen-bond acceptors (Lipinski definition) is 1. The number of carbonyl (C=O) groups is 1. The van der Waals surface area contributed by atoms with E-state index in [2.05, 4.69) is 0 Å². The first-order valence-corrected chi connectivity index (χ1v) is 0.651. The van der Waals surface area contributed by atoms with Gasteiger partial charge >= 0.3 is 133 Å². The molecule has 0 fully saturated rings. The standard InChI is InChI=1S/CH2O3.2Ca.K.2H2O.5H/c2-1(3)4;;;;;;;;;;/h(H2,2,3,4);;;;2*1H2;;;;;/q;2*+2;+1;;;5*-1. The zero-order valence-electron chi connectivity index (χ0n) is 10.2. The van der Waals surface area contributed by atoms with Crippen molar-refractivity contribution in [3.63, 3.8) is 0 Å². The molecule has 0 unspecified atom stereocenters. The Morgan fingerprint density at radius 3 is 1.11 bits per heavy atom. The molecule has 50 valence electrons. The Morgan fingerprint density at radius 2 is 1.11 bits per heavy atom. The minimum absolute atomic E-state index is 0. The molecule has 0 aromatic heterocycles. The van der Waals surface area contributed by atoms with Crippen molar-refractivity contribution in [2.45, 2.75) is 0 Å². The summed E-state index contributed by atoms with van der Waals surface area (Å²) in [6.07, 6.45) is -1.83. The summed E-state index contributed by atoms with van der Waals surface area (Å²) in [4.78, 5) is 8.56. The first kappa shape index (κ1) is 39.5. The maximum absolute atomic E-state index is 8.56. The van der Waals surface area contributed by atoms with Crippen LogP contribution in [0.3, 0.4) is 0 Å². The van der Waals surface area contributed by atoms with Crippen molar-refractivity contribution in [2.24, 2.45) is 0 Å². The summed E-state index contributed by atoms with van der Waals surface area (Å²) in [5.41, 5.74) is 0. The molecule has 0 radical (unpaired) electrons. The zero-order chi connectivity index (χ0) is 3.58. The largest absolute Gasteiger partial charge is 2.00 e. The van der Waals surface area contributed by atoms with Crippen molar-refractivity contribution >= 4 is 81.6 Å². The van der Waals surface area contributed by atoms with Gasteiger partial charge in [-0.25, -0.2) is 4.79 Å². The number of hydrogen-bond donors (Lipinski definition) is 2. The summed E-state index contributed by atoms with van der Waals surface area (Å²) in [6, 6.07) is 0. The average molecular weight is 222 g/mol. The van der Waals surface area contributed by atoms with Crippen molar-refractivity contribution in [3.05, 3.63) is 0 Å². The Labute approximate surface area is 162 Å². The zero-order valence-corrected chi connectivity index (χ0v) is 12.8. The molecule has 0 heterocycles. The fraction of sp³-hybridized carbons (Fsp3) is 0. The van der Waals surface area contributed by atoms with Gasteiger partial charge in [0.25, 0.3) is 0 Å². The van der Waals surface area contributed by atoms with E-state index < -0.39 is 6.16 Å². The molecular formula is CH11Ca2KO5. The van der Waals surface area contributed by atoms with Gasteiger partial charge in [0.15, 0.2) is 0 Å². The van der Waals surface area contributed by atoms with Gasteiger partial charge in [0, 0.05) is 0 Å². The molecule has 8 heteroatoms. The second-order valence-electron chi connectivity index (χ2n) is 0.283. The normalized spacial score (nSPS) is 2.67. The van der Waals surface area contributed by atoms with Crippen LogP contribution in [0.1, 0.15) is 7.13 Å². The molecule has 0 rings (SSSR count). The van der Waals surface area contributed by atoms with E-state index in [1.807, 2.05) is 0 Å². The summed E-state index contributed by atoms with van der Waals surface area (Å²) in [5.74, 6) is 0. The molecule has 9 heavy (non-hydrogen) atoms. The molecule has 5 nitrogen and oxygen atoms in total. The topological polar surface area (TPSA) is 121 Å². The van der Waals surface area contributed by atoms with Gasteiger partial charge in [-0.15, -0.1) is 0 Å². The monoisotopic (exact) mass is 222 g/mol. The van der Waals surface area contributed by atoms with Gasteiger partial charge in [-0.1, -0.05) is 0 Å². The Kier molecular flexibility index (Phi) is 132. The summed E-state index contributed by atoms with van der Waals surface area (Å²) < 4.78 is 0. The molecular weight excluding hydrogens is 211 g/mol. The summed E-state index contributed by atoms with van der Waals surface area (Å²) in [6.45, 7) is 0. The maximum Gasteiger partial charge on any atom is 2.00 e. The van der Waals surface area contributed by atoms with Gasteiger partial charge < -0.3 is 28.3 Å². The number of carboxylic acid groups (broad SMARTS) is 2. The molecule has 0 aromatic carbocycles. The van der Waals surface area contributed by atoms with Crippen LogP contribution in [0.15, 0.2) is 0 Å². The predicted molar refractivity (Wildman–Crippen MR) is 34.9 cm³/mol. The van der Waals surface area contributed by atoms with Crippen LogP contribution < -0.4 is 51.4 Å². The van der Waals surface area contributed by atoms with Gasteiger partial charge in [0.1, 0.15) is 0 Å². The SMILES string of the molecule is O.O.O=C(O)O.[Ca+2].[Ca+2].[H-].[H-].[H-].[H-].[H-].[K+]. The van der Waals surface area contributed by atoms with Crippen molar-refractivity contribution in [1.29, 1.82) is 0 Å². The van der Waals surface area contributed by atoms with E-state index in [0.29, 0.717) is 0 Å². The van der Waals surface area contributed by atoms with E-state index in [4.69, 9.17) is 15.0 Å².